The zero-order chi connectivity index (χ0) is 11.7. The molecule has 0 saturated carbocycles. The molecular weight excluding hydrogens is 220 g/mol. The third kappa shape index (κ3) is 1.96. The van der Waals surface area contributed by atoms with E-state index >= 15 is 0 Å². The minimum absolute atomic E-state index is 0.173. The fourth-order valence-electron chi connectivity index (χ4n) is 2.19. The lowest BCUT2D eigenvalue weighted by atomic mass is 9.90. The van der Waals surface area contributed by atoms with Crippen LogP contribution in [0.5, 0.6) is 5.75 Å². The van der Waals surface area contributed by atoms with Crippen LogP contribution in [0.4, 0.5) is 0 Å². The molecule has 1 atom stereocenters. The van der Waals surface area contributed by atoms with Gasteiger partial charge in [0.1, 0.15) is 5.75 Å². The first-order valence-corrected chi connectivity index (χ1v) is 7.51. The standard InChI is InChI=1S/C13H17O2S/c1-15-10-5-6-11-9(8-10)4-7-12(13(11)14)16(2)3/h5-6,8,12H,4,7H2,1-3H3/q+1. The van der Waals surface area contributed by atoms with Gasteiger partial charge in [0.15, 0.2) is 5.25 Å². The third-order valence-corrected chi connectivity index (χ3v) is 4.70. The number of hydrogen-bond donors (Lipinski definition) is 0. The summed E-state index contributed by atoms with van der Waals surface area (Å²) in [6.45, 7) is 0. The minimum Gasteiger partial charge on any atom is -0.497 e. The molecule has 0 spiro atoms. The molecular formula is C13H17O2S+. The summed E-state index contributed by atoms with van der Waals surface area (Å²) in [6, 6.07) is 5.78. The molecule has 0 fully saturated rings. The Morgan fingerprint density at radius 1 is 1.38 bits per heavy atom. The lowest BCUT2D eigenvalue weighted by Gasteiger charge is -2.21. The molecule has 0 aromatic heterocycles. The Morgan fingerprint density at radius 3 is 2.75 bits per heavy atom. The summed E-state index contributed by atoms with van der Waals surface area (Å²) in [6.07, 6.45) is 6.28. The van der Waals surface area contributed by atoms with Crippen molar-refractivity contribution in [1.82, 2.24) is 0 Å². The van der Waals surface area contributed by atoms with Crippen LogP contribution in [0.3, 0.4) is 0 Å². The van der Waals surface area contributed by atoms with E-state index in [1.807, 2.05) is 18.2 Å². The van der Waals surface area contributed by atoms with Gasteiger partial charge >= 0.3 is 0 Å². The maximum absolute atomic E-state index is 12.2. The molecule has 16 heavy (non-hydrogen) atoms. The molecule has 0 saturated heterocycles. The van der Waals surface area contributed by atoms with E-state index in [9.17, 15) is 4.79 Å². The van der Waals surface area contributed by atoms with Crippen LogP contribution in [0.2, 0.25) is 0 Å². The number of rotatable bonds is 2. The normalized spacial score (nSPS) is 19.8. The van der Waals surface area contributed by atoms with E-state index < -0.39 is 0 Å². The summed E-state index contributed by atoms with van der Waals surface area (Å²) >= 11 is 0. The molecule has 2 nitrogen and oxygen atoms in total. The highest BCUT2D eigenvalue weighted by atomic mass is 32.2. The fourth-order valence-corrected chi connectivity index (χ4v) is 3.33. The molecule has 1 unspecified atom stereocenters. The van der Waals surface area contributed by atoms with Gasteiger partial charge in [-0.2, -0.15) is 0 Å². The van der Waals surface area contributed by atoms with E-state index in [1.54, 1.807) is 7.11 Å². The van der Waals surface area contributed by atoms with Crippen molar-refractivity contribution in [1.29, 1.82) is 0 Å². The molecule has 0 aliphatic heterocycles. The van der Waals surface area contributed by atoms with Gasteiger partial charge in [-0.1, -0.05) is 0 Å². The number of fused-ring (bicyclic) bond motifs is 1. The highest BCUT2D eigenvalue weighted by Gasteiger charge is 2.35. The number of benzene rings is 1. The van der Waals surface area contributed by atoms with Crippen molar-refractivity contribution in [3.05, 3.63) is 29.3 Å². The summed E-state index contributed by atoms with van der Waals surface area (Å²) in [4.78, 5) is 12.2. The summed E-state index contributed by atoms with van der Waals surface area (Å²) in [5.74, 6) is 1.16. The van der Waals surface area contributed by atoms with Gasteiger partial charge in [-0.05, 0) is 41.1 Å². The predicted octanol–water partition coefficient (Wildman–Crippen LogP) is 2.07. The number of carbonyl (C=O) groups excluding carboxylic acids is 1. The Labute approximate surface area is 99.3 Å². The molecule has 1 aliphatic carbocycles. The minimum atomic E-state index is 0.173. The lowest BCUT2D eigenvalue weighted by Crippen LogP contribution is -2.33. The predicted molar refractivity (Wildman–Crippen MR) is 68.6 cm³/mol. The summed E-state index contributed by atoms with van der Waals surface area (Å²) in [5, 5.41) is 0.223. The summed E-state index contributed by atoms with van der Waals surface area (Å²) in [7, 11) is 1.83. The molecule has 0 N–H and O–H groups in total. The average Bonchev–Trinajstić information content (AvgIpc) is 2.28. The lowest BCUT2D eigenvalue weighted by molar-refractivity contribution is 0.0978. The van der Waals surface area contributed by atoms with E-state index in [0.29, 0.717) is 5.78 Å². The second kappa shape index (κ2) is 4.50. The second-order valence-electron chi connectivity index (χ2n) is 4.29. The van der Waals surface area contributed by atoms with Crippen molar-refractivity contribution in [2.24, 2.45) is 0 Å². The molecule has 1 aliphatic rings. The smallest absolute Gasteiger partial charge is 0.215 e. The molecule has 86 valence electrons. The maximum Gasteiger partial charge on any atom is 0.215 e. The van der Waals surface area contributed by atoms with Gasteiger partial charge in [0.25, 0.3) is 0 Å². The Kier molecular flexibility index (Phi) is 3.24. The Balaban J connectivity index is 2.35. The number of carbonyl (C=O) groups is 1. The summed E-state index contributed by atoms with van der Waals surface area (Å²) in [5.41, 5.74) is 2.05. The highest BCUT2D eigenvalue weighted by molar-refractivity contribution is 7.96. The van der Waals surface area contributed by atoms with Gasteiger partial charge in [-0.25, -0.2) is 0 Å². The van der Waals surface area contributed by atoms with Crippen LogP contribution in [0.1, 0.15) is 22.3 Å². The van der Waals surface area contributed by atoms with Crippen molar-refractivity contribution in [2.45, 2.75) is 18.1 Å². The van der Waals surface area contributed by atoms with Crippen LogP contribution in [-0.2, 0) is 17.3 Å². The molecule has 0 radical (unpaired) electrons. The molecule has 2 rings (SSSR count). The van der Waals surface area contributed by atoms with E-state index in [4.69, 9.17) is 4.74 Å². The molecule has 0 heterocycles. The van der Waals surface area contributed by atoms with E-state index in [1.165, 1.54) is 0 Å². The van der Waals surface area contributed by atoms with Crippen LogP contribution >= 0.6 is 0 Å². The maximum atomic E-state index is 12.2. The SMILES string of the molecule is COc1ccc2c(c1)CCC([S+](C)C)C2=O. The van der Waals surface area contributed by atoms with E-state index in [2.05, 4.69) is 12.5 Å². The number of ketones is 1. The number of hydrogen-bond acceptors (Lipinski definition) is 2. The number of Topliss-reactive ketones (excluding diaryl/α,β-unsaturated/α-hetero) is 1. The van der Waals surface area contributed by atoms with Crippen molar-refractivity contribution in [2.75, 3.05) is 19.6 Å². The Bertz CT molecular complexity index is 412. The van der Waals surface area contributed by atoms with E-state index in [-0.39, 0.29) is 16.1 Å². The van der Waals surface area contributed by atoms with Crippen LogP contribution in [0.25, 0.3) is 0 Å². The third-order valence-electron chi connectivity index (χ3n) is 3.12. The Morgan fingerprint density at radius 2 is 2.12 bits per heavy atom. The van der Waals surface area contributed by atoms with Gasteiger partial charge in [-0.3, -0.25) is 4.79 Å². The first kappa shape index (κ1) is 11.5. The zero-order valence-corrected chi connectivity index (χ0v) is 10.8. The zero-order valence-electron chi connectivity index (χ0n) is 9.95. The largest absolute Gasteiger partial charge is 0.497 e. The van der Waals surface area contributed by atoms with Crippen LogP contribution in [0.15, 0.2) is 18.2 Å². The second-order valence-corrected chi connectivity index (χ2v) is 6.62. The van der Waals surface area contributed by atoms with Gasteiger partial charge in [0.05, 0.1) is 19.6 Å². The van der Waals surface area contributed by atoms with Crippen LogP contribution in [-0.4, -0.2) is 30.7 Å². The van der Waals surface area contributed by atoms with Gasteiger partial charge < -0.3 is 4.74 Å². The molecule has 1 aromatic carbocycles. The molecule has 0 amide bonds. The number of methoxy groups -OCH3 is 1. The van der Waals surface area contributed by atoms with Gasteiger partial charge in [0.2, 0.25) is 5.78 Å². The van der Waals surface area contributed by atoms with Gasteiger partial charge in [-0.15, -0.1) is 0 Å². The van der Waals surface area contributed by atoms with Crippen molar-refractivity contribution >= 4 is 16.7 Å². The quantitative estimate of drug-likeness (QED) is 0.736. The van der Waals surface area contributed by atoms with Crippen LogP contribution < -0.4 is 4.74 Å². The molecule has 3 heteroatoms. The van der Waals surface area contributed by atoms with Crippen molar-refractivity contribution < 1.29 is 9.53 Å². The van der Waals surface area contributed by atoms with Crippen molar-refractivity contribution in [3.8, 4) is 5.75 Å². The first-order chi connectivity index (χ1) is 7.63. The fraction of sp³-hybridized carbons (Fsp3) is 0.462. The molecule has 1 aromatic rings. The Hall–Kier alpha value is -0.960. The first-order valence-electron chi connectivity index (χ1n) is 5.41. The highest BCUT2D eigenvalue weighted by Crippen LogP contribution is 2.28. The molecule has 0 bridgehead atoms. The monoisotopic (exact) mass is 237 g/mol. The van der Waals surface area contributed by atoms with E-state index in [0.717, 1.165) is 29.7 Å². The topological polar surface area (TPSA) is 26.3 Å². The summed E-state index contributed by atoms with van der Waals surface area (Å²) < 4.78 is 5.18. The van der Waals surface area contributed by atoms with Crippen LogP contribution in [0, 0.1) is 0 Å². The number of ether oxygens (including phenoxy) is 1. The number of aryl methyl sites for hydroxylation is 1. The average molecular weight is 237 g/mol. The van der Waals surface area contributed by atoms with Crippen molar-refractivity contribution in [3.63, 3.8) is 0 Å². The van der Waals surface area contributed by atoms with Gasteiger partial charge in [0, 0.05) is 12.0 Å².